The lowest BCUT2D eigenvalue weighted by Crippen LogP contribution is -2.31. The van der Waals surface area contributed by atoms with Gasteiger partial charge in [0.25, 0.3) is 5.91 Å². The minimum absolute atomic E-state index is 0.103. The normalized spacial score (nSPS) is 13.7. The average molecular weight is 355 g/mol. The molecule has 0 saturated heterocycles. The van der Waals surface area contributed by atoms with E-state index in [1.807, 2.05) is 17.5 Å². The molecule has 122 valence electrons. The van der Waals surface area contributed by atoms with Gasteiger partial charge in [0.15, 0.2) is 5.13 Å². The summed E-state index contributed by atoms with van der Waals surface area (Å²) >= 11 is 3.18. The molecule has 0 N–H and O–H groups in total. The van der Waals surface area contributed by atoms with Crippen LogP contribution in [0.2, 0.25) is 0 Å². The molecule has 0 aliphatic heterocycles. The van der Waals surface area contributed by atoms with Gasteiger partial charge in [0.1, 0.15) is 5.69 Å². The van der Waals surface area contributed by atoms with Crippen LogP contribution in [0.15, 0.2) is 36.4 Å². The highest BCUT2D eigenvalue weighted by molar-refractivity contribution is 7.17. The molecule has 0 bridgehead atoms. The number of carbonyl (C=O) groups excluding carboxylic acids is 1. The molecule has 0 saturated carbocycles. The fraction of sp³-hybridized carbons (Fsp3) is 0.278. The first-order chi connectivity index (χ1) is 11.8. The third-order valence-electron chi connectivity index (χ3n) is 4.19. The molecule has 0 spiro atoms. The second-order valence-corrected chi connectivity index (χ2v) is 7.75. The van der Waals surface area contributed by atoms with Crippen molar-refractivity contribution in [2.45, 2.75) is 25.7 Å². The number of aryl methyl sites for hydroxylation is 2. The van der Waals surface area contributed by atoms with Crippen LogP contribution in [0.3, 0.4) is 0 Å². The van der Waals surface area contributed by atoms with Crippen molar-refractivity contribution in [3.63, 3.8) is 0 Å². The Balaban J connectivity index is 1.75. The molecule has 6 heteroatoms. The molecule has 1 aliphatic carbocycles. The number of hydrogen-bond donors (Lipinski definition) is 0. The number of nitrogens with zero attached hydrogens (tertiary/aromatic N) is 3. The van der Waals surface area contributed by atoms with Gasteiger partial charge in [-0.15, -0.1) is 29.3 Å². The summed E-state index contributed by atoms with van der Waals surface area (Å²) in [7, 11) is 0. The summed E-state index contributed by atoms with van der Waals surface area (Å²) in [5.41, 5.74) is 1.66. The van der Waals surface area contributed by atoms with Crippen molar-refractivity contribution >= 4 is 43.8 Å². The van der Waals surface area contributed by atoms with E-state index in [-0.39, 0.29) is 5.91 Å². The molecule has 1 amide bonds. The molecule has 3 aromatic heterocycles. The molecule has 0 radical (unpaired) electrons. The average Bonchev–Trinajstić information content (AvgIpc) is 3.24. The Kier molecular flexibility index (Phi) is 4.16. The van der Waals surface area contributed by atoms with E-state index in [0.717, 1.165) is 33.8 Å². The first-order valence-corrected chi connectivity index (χ1v) is 9.71. The zero-order valence-corrected chi connectivity index (χ0v) is 14.8. The Labute approximate surface area is 148 Å². The van der Waals surface area contributed by atoms with Crippen LogP contribution in [0.4, 0.5) is 5.13 Å². The maximum absolute atomic E-state index is 13.1. The molecule has 0 atom stereocenters. The largest absolute Gasteiger partial charge is 0.280 e. The lowest BCUT2D eigenvalue weighted by Gasteiger charge is -2.17. The SMILES string of the molecule is C=CCN(C(=O)c1nccc2ccsc12)c1nc2c(s1)CCCC2. The van der Waals surface area contributed by atoms with Gasteiger partial charge in [0.2, 0.25) is 0 Å². The number of hydrogen-bond acceptors (Lipinski definition) is 5. The Hall–Kier alpha value is -2.05. The van der Waals surface area contributed by atoms with Crippen LogP contribution in [0.25, 0.3) is 10.1 Å². The van der Waals surface area contributed by atoms with Gasteiger partial charge in [-0.3, -0.25) is 9.69 Å². The van der Waals surface area contributed by atoms with Crippen LogP contribution in [0.5, 0.6) is 0 Å². The first-order valence-electron chi connectivity index (χ1n) is 8.01. The second kappa shape index (κ2) is 6.45. The highest BCUT2D eigenvalue weighted by Crippen LogP contribution is 2.33. The number of amides is 1. The summed E-state index contributed by atoms with van der Waals surface area (Å²) < 4.78 is 0.929. The quantitative estimate of drug-likeness (QED) is 0.649. The van der Waals surface area contributed by atoms with E-state index in [1.165, 1.54) is 17.7 Å². The van der Waals surface area contributed by atoms with Crippen molar-refractivity contribution in [1.29, 1.82) is 0 Å². The Morgan fingerprint density at radius 1 is 1.33 bits per heavy atom. The van der Waals surface area contributed by atoms with Crippen LogP contribution in [-0.4, -0.2) is 22.4 Å². The van der Waals surface area contributed by atoms with Gasteiger partial charge in [-0.05, 0) is 48.6 Å². The minimum atomic E-state index is -0.103. The first kappa shape index (κ1) is 15.5. The van der Waals surface area contributed by atoms with E-state index in [4.69, 9.17) is 4.98 Å². The Bertz CT molecular complexity index is 889. The second-order valence-electron chi connectivity index (χ2n) is 5.78. The number of aromatic nitrogens is 2. The topological polar surface area (TPSA) is 46.1 Å². The summed E-state index contributed by atoms with van der Waals surface area (Å²) in [6, 6.07) is 3.95. The van der Waals surface area contributed by atoms with Crippen molar-refractivity contribution in [3.8, 4) is 0 Å². The maximum Gasteiger partial charge on any atom is 0.280 e. The molecule has 1 aliphatic rings. The minimum Gasteiger partial charge on any atom is -0.279 e. The number of anilines is 1. The molecule has 0 fully saturated rings. The summed E-state index contributed by atoms with van der Waals surface area (Å²) in [5, 5.41) is 3.81. The zero-order chi connectivity index (χ0) is 16.5. The Morgan fingerprint density at radius 2 is 2.21 bits per heavy atom. The van der Waals surface area contributed by atoms with Crippen molar-refractivity contribution in [3.05, 3.63) is 52.6 Å². The van der Waals surface area contributed by atoms with Crippen LogP contribution in [0, 0.1) is 0 Å². The number of pyridine rings is 1. The highest BCUT2D eigenvalue weighted by Gasteiger charge is 2.25. The molecule has 0 unspecified atom stereocenters. The number of thiophene rings is 1. The van der Waals surface area contributed by atoms with E-state index >= 15 is 0 Å². The van der Waals surface area contributed by atoms with Gasteiger partial charge in [-0.25, -0.2) is 9.97 Å². The van der Waals surface area contributed by atoms with Crippen molar-refractivity contribution in [1.82, 2.24) is 9.97 Å². The fourth-order valence-electron chi connectivity index (χ4n) is 3.00. The molecular formula is C18H17N3OS2. The molecule has 4 rings (SSSR count). The number of carbonyl (C=O) groups is 1. The number of fused-ring (bicyclic) bond motifs is 2. The van der Waals surface area contributed by atoms with Crippen molar-refractivity contribution in [2.75, 3.05) is 11.4 Å². The standard InChI is InChI=1S/C18H17N3OS2/c1-2-10-21(18-20-13-5-3-4-6-14(13)24-18)17(22)15-16-12(7-9-19-15)8-11-23-16/h2,7-9,11H,1,3-6,10H2. The van der Waals surface area contributed by atoms with Gasteiger partial charge >= 0.3 is 0 Å². The monoisotopic (exact) mass is 355 g/mol. The number of rotatable bonds is 4. The fourth-order valence-corrected chi connectivity index (χ4v) is 5.03. The lowest BCUT2D eigenvalue weighted by molar-refractivity contribution is 0.0987. The van der Waals surface area contributed by atoms with Crippen molar-refractivity contribution < 1.29 is 4.79 Å². The van der Waals surface area contributed by atoms with Crippen LogP contribution >= 0.6 is 22.7 Å². The van der Waals surface area contributed by atoms with Crippen LogP contribution in [0.1, 0.15) is 33.9 Å². The molecule has 3 heterocycles. The van der Waals surface area contributed by atoms with Gasteiger partial charge in [-0.1, -0.05) is 6.08 Å². The van der Waals surface area contributed by atoms with Gasteiger partial charge in [0, 0.05) is 17.6 Å². The smallest absolute Gasteiger partial charge is 0.279 e. The van der Waals surface area contributed by atoms with Gasteiger partial charge in [0.05, 0.1) is 10.4 Å². The van der Waals surface area contributed by atoms with Gasteiger partial charge in [-0.2, -0.15) is 0 Å². The van der Waals surface area contributed by atoms with E-state index in [9.17, 15) is 4.79 Å². The van der Waals surface area contributed by atoms with Crippen LogP contribution < -0.4 is 4.90 Å². The zero-order valence-electron chi connectivity index (χ0n) is 13.2. The number of thiazole rings is 1. The third-order valence-corrected chi connectivity index (χ3v) is 6.31. The van der Waals surface area contributed by atoms with Crippen LogP contribution in [-0.2, 0) is 12.8 Å². The van der Waals surface area contributed by atoms with E-state index in [2.05, 4.69) is 11.6 Å². The maximum atomic E-state index is 13.1. The molecule has 24 heavy (non-hydrogen) atoms. The summed E-state index contributed by atoms with van der Waals surface area (Å²) in [5.74, 6) is -0.103. The predicted octanol–water partition coefficient (Wildman–Crippen LogP) is 4.46. The highest BCUT2D eigenvalue weighted by atomic mass is 32.1. The Morgan fingerprint density at radius 3 is 3.04 bits per heavy atom. The van der Waals surface area contributed by atoms with E-state index in [0.29, 0.717) is 12.2 Å². The molecular weight excluding hydrogens is 338 g/mol. The van der Waals surface area contributed by atoms with Gasteiger partial charge < -0.3 is 0 Å². The lowest BCUT2D eigenvalue weighted by atomic mass is 10.0. The van der Waals surface area contributed by atoms with E-state index < -0.39 is 0 Å². The van der Waals surface area contributed by atoms with Crippen molar-refractivity contribution in [2.24, 2.45) is 0 Å². The molecule has 4 nitrogen and oxygen atoms in total. The summed E-state index contributed by atoms with van der Waals surface area (Å²) in [6.07, 6.45) is 7.92. The summed E-state index contributed by atoms with van der Waals surface area (Å²) in [6.45, 7) is 4.24. The summed E-state index contributed by atoms with van der Waals surface area (Å²) in [4.78, 5) is 25.3. The predicted molar refractivity (Wildman–Crippen MR) is 100 cm³/mol. The third kappa shape index (κ3) is 2.65. The molecule has 0 aromatic carbocycles. The molecule has 3 aromatic rings. The van der Waals surface area contributed by atoms with E-state index in [1.54, 1.807) is 39.8 Å².